The van der Waals surface area contributed by atoms with E-state index in [-0.39, 0.29) is 11.7 Å². The highest BCUT2D eigenvalue weighted by molar-refractivity contribution is 6.11. The van der Waals surface area contributed by atoms with Crippen molar-refractivity contribution in [3.8, 4) is 0 Å². The van der Waals surface area contributed by atoms with Crippen LogP contribution in [0.4, 0.5) is 8.78 Å². The Hall–Kier alpha value is -3.35. The van der Waals surface area contributed by atoms with E-state index in [4.69, 9.17) is 11.3 Å². The first-order valence-electron chi connectivity index (χ1n) is 8.34. The molecule has 0 atom stereocenters. The molecule has 0 aliphatic rings. The molecule has 0 spiro atoms. The van der Waals surface area contributed by atoms with Crippen LogP contribution in [0.15, 0.2) is 76.4 Å². The lowest BCUT2D eigenvalue weighted by molar-refractivity contribution is 0.558. The van der Waals surface area contributed by atoms with Crippen LogP contribution in [0.5, 0.6) is 0 Å². The summed E-state index contributed by atoms with van der Waals surface area (Å²) in [6.07, 6.45) is 2.71. The van der Waals surface area contributed by atoms with Crippen molar-refractivity contribution < 1.29 is 8.78 Å². The van der Waals surface area contributed by atoms with E-state index >= 15 is 0 Å². The third kappa shape index (κ3) is 3.76. The number of alkyl halides is 1. The van der Waals surface area contributed by atoms with Crippen LogP contribution in [0.25, 0.3) is 21.8 Å². The molecule has 0 saturated carbocycles. The van der Waals surface area contributed by atoms with Crippen molar-refractivity contribution in [1.29, 1.82) is 5.41 Å². The molecule has 1 heterocycles. The number of amidine groups is 1. The molecule has 3 aromatic rings. The smallest absolute Gasteiger partial charge is 0.176 e. The molecule has 3 N–H and O–H groups in total. The summed E-state index contributed by atoms with van der Waals surface area (Å²) in [4.78, 5) is 0. The van der Waals surface area contributed by atoms with Gasteiger partial charge in [0.05, 0.1) is 5.83 Å². The van der Waals surface area contributed by atoms with Crippen molar-refractivity contribution in [3.63, 3.8) is 0 Å². The van der Waals surface area contributed by atoms with Gasteiger partial charge in [-0.25, -0.2) is 8.78 Å². The highest BCUT2D eigenvalue weighted by Gasteiger charge is 2.13. The topological polar surface area (TPSA) is 79.5 Å². The molecule has 0 aliphatic heterocycles. The first-order valence-corrected chi connectivity index (χ1v) is 8.34. The minimum absolute atomic E-state index is 0.0368. The van der Waals surface area contributed by atoms with Gasteiger partial charge >= 0.3 is 0 Å². The Morgan fingerprint density at radius 2 is 1.93 bits per heavy atom. The van der Waals surface area contributed by atoms with E-state index in [0.717, 1.165) is 21.8 Å². The summed E-state index contributed by atoms with van der Waals surface area (Å²) >= 11 is 0. The number of aromatic nitrogens is 1. The predicted octanol–water partition coefficient (Wildman–Crippen LogP) is 5.21. The number of allylic oxidation sites excluding steroid dienone is 4. The largest absolute Gasteiger partial charge is 0.336 e. The zero-order valence-corrected chi connectivity index (χ0v) is 14.8. The fourth-order valence-electron chi connectivity index (χ4n) is 3.19. The van der Waals surface area contributed by atoms with Gasteiger partial charge in [0, 0.05) is 33.9 Å². The monoisotopic (exact) mass is 367 g/mol. The summed E-state index contributed by atoms with van der Waals surface area (Å²) in [6, 6.07) is 13.2. The molecule has 0 amide bonds. The highest BCUT2D eigenvalue weighted by atomic mass is 19.1. The Morgan fingerprint density at radius 3 is 2.63 bits per heavy atom. The Balaban J connectivity index is 2.21. The second kappa shape index (κ2) is 7.90. The lowest BCUT2D eigenvalue weighted by Gasteiger charge is -2.09. The molecule has 2 aromatic carbocycles. The maximum atomic E-state index is 13.4. The van der Waals surface area contributed by atoms with E-state index in [1.165, 1.54) is 19.1 Å². The molecular weight excluding hydrogens is 348 g/mol. The van der Waals surface area contributed by atoms with Crippen molar-refractivity contribution in [3.05, 3.63) is 71.6 Å². The predicted molar refractivity (Wildman–Crippen MR) is 104 cm³/mol. The van der Waals surface area contributed by atoms with Crippen LogP contribution < -0.4 is 5.84 Å². The summed E-state index contributed by atoms with van der Waals surface area (Å²) in [5.74, 6) is 4.62. The number of hydrogen-bond acceptors (Lipinski definition) is 2. The Kier molecular flexibility index (Phi) is 5.40. The number of nitrogens with zero attached hydrogens (tertiary/aromatic N) is 3. The van der Waals surface area contributed by atoms with Gasteiger partial charge in [0.25, 0.3) is 0 Å². The van der Waals surface area contributed by atoms with E-state index in [2.05, 4.69) is 10.3 Å². The molecule has 1 aromatic heterocycles. The molecule has 7 heteroatoms. The number of nitrogens with two attached hydrogens (primary N) is 1. The van der Waals surface area contributed by atoms with Crippen LogP contribution in [-0.4, -0.2) is 17.1 Å². The summed E-state index contributed by atoms with van der Waals surface area (Å²) in [6.45, 7) is 0.998. The van der Waals surface area contributed by atoms with Gasteiger partial charge in [0.1, 0.15) is 6.67 Å². The maximum absolute atomic E-state index is 13.4. The number of benzene rings is 2. The average Bonchev–Trinajstić information content (AvgIpc) is 2.95. The van der Waals surface area contributed by atoms with E-state index in [1.807, 2.05) is 41.0 Å². The SMILES string of the molecule is C/C(F)=C\C(=C/CF)Cn1c2ccccc2c2cc(C(=N)N=NN)ccc21. The molecule has 0 bridgehead atoms. The van der Waals surface area contributed by atoms with Crippen molar-refractivity contribution >= 4 is 27.6 Å². The van der Waals surface area contributed by atoms with Crippen molar-refractivity contribution in [1.82, 2.24) is 4.57 Å². The number of halogens is 2. The van der Waals surface area contributed by atoms with Gasteiger partial charge in [-0.3, -0.25) is 5.41 Å². The first kappa shape index (κ1) is 18.4. The third-order valence-corrected chi connectivity index (χ3v) is 4.27. The first-order chi connectivity index (χ1) is 13.0. The van der Waals surface area contributed by atoms with E-state index in [0.29, 0.717) is 17.7 Å². The van der Waals surface area contributed by atoms with Gasteiger partial charge in [0.15, 0.2) is 5.84 Å². The van der Waals surface area contributed by atoms with Gasteiger partial charge in [-0.05, 0) is 48.9 Å². The molecule has 27 heavy (non-hydrogen) atoms. The van der Waals surface area contributed by atoms with Crippen LogP contribution >= 0.6 is 0 Å². The van der Waals surface area contributed by atoms with Crippen LogP contribution in [0.1, 0.15) is 12.5 Å². The fourth-order valence-corrected chi connectivity index (χ4v) is 3.19. The van der Waals surface area contributed by atoms with E-state index in [1.54, 1.807) is 6.07 Å². The van der Waals surface area contributed by atoms with Gasteiger partial charge in [-0.1, -0.05) is 23.4 Å². The standard InChI is InChI=1S/C20H19F2N5/c1-13(22)10-14(8-9-21)12-27-18-5-3-2-4-16(18)17-11-15(6-7-19(17)27)20(23)25-26-24/h2-8,10-11H,9,12H2,1H3,(H3,23,24,25)/b13-10+,14-8+. The van der Waals surface area contributed by atoms with Crippen LogP contribution in [0, 0.1) is 5.41 Å². The van der Waals surface area contributed by atoms with Gasteiger partial charge in [0.2, 0.25) is 0 Å². The Labute approximate surface area is 155 Å². The minimum Gasteiger partial charge on any atom is -0.336 e. The number of rotatable bonds is 5. The summed E-state index contributed by atoms with van der Waals surface area (Å²) < 4.78 is 28.3. The molecule has 5 nitrogen and oxygen atoms in total. The minimum atomic E-state index is -0.665. The molecule has 0 radical (unpaired) electrons. The molecular formula is C20H19F2N5. The third-order valence-electron chi connectivity index (χ3n) is 4.27. The molecule has 0 unspecified atom stereocenters. The highest BCUT2D eigenvalue weighted by Crippen LogP contribution is 2.31. The molecule has 138 valence electrons. The Morgan fingerprint density at radius 1 is 1.19 bits per heavy atom. The fraction of sp³-hybridized carbons (Fsp3) is 0.150. The zero-order chi connectivity index (χ0) is 19.4. The summed E-state index contributed by atoms with van der Waals surface area (Å²) in [5, 5.41) is 16.5. The number of hydrogen-bond donors (Lipinski definition) is 2. The molecule has 0 fully saturated rings. The van der Waals surface area contributed by atoms with Crippen molar-refractivity contribution in [2.24, 2.45) is 16.2 Å². The quantitative estimate of drug-likeness (QED) is 0.159. The van der Waals surface area contributed by atoms with Gasteiger partial charge in [-0.2, -0.15) is 0 Å². The lowest BCUT2D eigenvalue weighted by atomic mass is 10.1. The Bertz CT molecular complexity index is 1090. The van der Waals surface area contributed by atoms with Crippen LogP contribution in [0.2, 0.25) is 0 Å². The van der Waals surface area contributed by atoms with Crippen LogP contribution in [-0.2, 0) is 6.54 Å². The number of para-hydroxylation sites is 1. The summed E-state index contributed by atoms with van der Waals surface area (Å²) in [7, 11) is 0. The zero-order valence-electron chi connectivity index (χ0n) is 14.8. The molecule has 0 aliphatic carbocycles. The number of fused-ring (bicyclic) bond motifs is 3. The van der Waals surface area contributed by atoms with E-state index in [9.17, 15) is 8.78 Å². The second-order valence-corrected chi connectivity index (χ2v) is 6.06. The molecule has 0 saturated heterocycles. The van der Waals surface area contributed by atoms with Crippen molar-refractivity contribution in [2.75, 3.05) is 6.67 Å². The maximum Gasteiger partial charge on any atom is 0.176 e. The van der Waals surface area contributed by atoms with E-state index < -0.39 is 6.67 Å². The van der Waals surface area contributed by atoms with Crippen LogP contribution in [0.3, 0.4) is 0 Å². The van der Waals surface area contributed by atoms with Crippen molar-refractivity contribution in [2.45, 2.75) is 13.5 Å². The van der Waals surface area contributed by atoms with Gasteiger partial charge in [-0.15, -0.1) is 5.11 Å². The average molecular weight is 367 g/mol. The van der Waals surface area contributed by atoms with Gasteiger partial charge < -0.3 is 10.4 Å². The second-order valence-electron chi connectivity index (χ2n) is 6.06. The normalized spacial score (nSPS) is 13.1. The number of nitrogens with one attached hydrogen (secondary N) is 1. The lowest BCUT2D eigenvalue weighted by Crippen LogP contribution is -2.01. The summed E-state index contributed by atoms with van der Waals surface area (Å²) in [5.41, 5.74) is 2.96. The molecule has 3 rings (SSSR count).